The van der Waals surface area contributed by atoms with Crippen LogP contribution in [-0.2, 0) is 6.54 Å². The van der Waals surface area contributed by atoms with Crippen molar-refractivity contribution in [2.24, 2.45) is 0 Å². The highest BCUT2D eigenvalue weighted by Gasteiger charge is 2.19. The first-order chi connectivity index (χ1) is 12.9. The van der Waals surface area contributed by atoms with E-state index in [1.54, 1.807) is 19.1 Å². The second-order valence-electron chi connectivity index (χ2n) is 6.95. The lowest BCUT2D eigenvalue weighted by molar-refractivity contribution is 0.227. The smallest absolute Gasteiger partial charge is 0.336 e. The average molecular weight is 363 g/mol. The molecule has 0 amide bonds. The number of aromatic hydroxyl groups is 1. The summed E-state index contributed by atoms with van der Waals surface area (Å²) in [6.45, 7) is 4.36. The van der Waals surface area contributed by atoms with Crippen molar-refractivity contribution in [1.82, 2.24) is 4.90 Å². The molecule has 2 heterocycles. The molecular formula is C22H21NO4. The predicted octanol–water partition coefficient (Wildman–Crippen LogP) is 4.75. The maximum atomic E-state index is 12.0. The monoisotopic (exact) mass is 363 g/mol. The Morgan fingerprint density at radius 2 is 1.89 bits per heavy atom. The van der Waals surface area contributed by atoms with Gasteiger partial charge in [-0.3, -0.25) is 4.90 Å². The third-order valence-electron chi connectivity index (χ3n) is 5.16. The van der Waals surface area contributed by atoms with Crippen LogP contribution in [0.15, 0.2) is 62.2 Å². The highest BCUT2D eigenvalue weighted by molar-refractivity contribution is 5.84. The molecule has 5 nitrogen and oxygen atoms in total. The van der Waals surface area contributed by atoms with Gasteiger partial charge in [0, 0.05) is 28.9 Å². The molecule has 0 saturated heterocycles. The summed E-state index contributed by atoms with van der Waals surface area (Å²) in [7, 11) is 1.99. The molecule has 0 radical (unpaired) electrons. The molecule has 0 bridgehead atoms. The van der Waals surface area contributed by atoms with Crippen molar-refractivity contribution < 1.29 is 13.9 Å². The lowest BCUT2D eigenvalue weighted by atomic mass is 10.1. The number of fused-ring (bicyclic) bond motifs is 2. The molecule has 2 aromatic heterocycles. The van der Waals surface area contributed by atoms with Gasteiger partial charge in [0.1, 0.15) is 22.7 Å². The number of nitrogens with zero attached hydrogens (tertiary/aromatic N) is 1. The first-order valence-electron chi connectivity index (χ1n) is 8.88. The molecule has 138 valence electrons. The Morgan fingerprint density at radius 1 is 1.11 bits per heavy atom. The number of furan rings is 1. The molecule has 0 saturated carbocycles. The minimum Gasteiger partial charge on any atom is -0.508 e. The molecule has 27 heavy (non-hydrogen) atoms. The molecule has 0 spiro atoms. The standard InChI is InChI=1S/C22H21NO4/c1-13-18(24)9-8-17-16(11-21(25)27-22(13)17)12-23(3)14(2)20-10-15-6-4-5-7-19(15)26-20/h4-11,14,24H,12H2,1-3H3. The fourth-order valence-corrected chi connectivity index (χ4v) is 3.38. The lowest BCUT2D eigenvalue weighted by Crippen LogP contribution is -2.22. The summed E-state index contributed by atoms with van der Waals surface area (Å²) in [6, 6.07) is 14.9. The van der Waals surface area contributed by atoms with Crippen LogP contribution in [0.4, 0.5) is 0 Å². The molecule has 2 aromatic carbocycles. The molecule has 4 rings (SSSR count). The Hall–Kier alpha value is -3.05. The van der Waals surface area contributed by atoms with Crippen molar-refractivity contribution in [1.29, 1.82) is 0 Å². The average Bonchev–Trinajstić information content (AvgIpc) is 3.08. The molecule has 0 aliphatic carbocycles. The number of hydrogen-bond acceptors (Lipinski definition) is 5. The van der Waals surface area contributed by atoms with Gasteiger partial charge in [0.15, 0.2) is 0 Å². The van der Waals surface area contributed by atoms with Gasteiger partial charge in [-0.25, -0.2) is 4.79 Å². The van der Waals surface area contributed by atoms with Crippen LogP contribution < -0.4 is 5.63 Å². The van der Waals surface area contributed by atoms with Gasteiger partial charge in [-0.05, 0) is 50.7 Å². The van der Waals surface area contributed by atoms with E-state index in [0.717, 1.165) is 27.7 Å². The highest BCUT2D eigenvalue weighted by Crippen LogP contribution is 2.30. The Kier molecular flexibility index (Phi) is 4.24. The maximum Gasteiger partial charge on any atom is 0.336 e. The molecular weight excluding hydrogens is 342 g/mol. The van der Waals surface area contributed by atoms with Crippen molar-refractivity contribution >= 4 is 21.9 Å². The normalized spacial score (nSPS) is 12.9. The number of phenols is 1. The quantitative estimate of drug-likeness (QED) is 0.530. The van der Waals surface area contributed by atoms with Gasteiger partial charge in [0.05, 0.1) is 6.04 Å². The van der Waals surface area contributed by atoms with E-state index in [4.69, 9.17) is 8.83 Å². The molecule has 1 unspecified atom stereocenters. The van der Waals surface area contributed by atoms with Crippen LogP contribution in [0.25, 0.3) is 21.9 Å². The van der Waals surface area contributed by atoms with E-state index in [1.165, 1.54) is 6.07 Å². The third kappa shape index (κ3) is 3.11. The van der Waals surface area contributed by atoms with Gasteiger partial charge >= 0.3 is 5.63 Å². The number of hydrogen-bond donors (Lipinski definition) is 1. The van der Waals surface area contributed by atoms with E-state index in [1.807, 2.05) is 31.3 Å². The number of para-hydroxylation sites is 1. The van der Waals surface area contributed by atoms with E-state index in [0.29, 0.717) is 17.7 Å². The molecule has 1 atom stereocenters. The van der Waals surface area contributed by atoms with Crippen LogP contribution in [0.5, 0.6) is 5.75 Å². The zero-order valence-corrected chi connectivity index (χ0v) is 15.5. The molecule has 0 aliphatic rings. The summed E-state index contributed by atoms with van der Waals surface area (Å²) in [5.41, 5.74) is 2.30. The van der Waals surface area contributed by atoms with Gasteiger partial charge in [0.2, 0.25) is 0 Å². The summed E-state index contributed by atoms with van der Waals surface area (Å²) < 4.78 is 11.3. The first kappa shape index (κ1) is 17.4. The SMILES string of the molecule is Cc1c(O)ccc2c(CN(C)C(C)c3cc4ccccc4o3)cc(=O)oc12. The van der Waals surface area contributed by atoms with Gasteiger partial charge in [-0.1, -0.05) is 18.2 Å². The fraction of sp³-hybridized carbons (Fsp3) is 0.227. The van der Waals surface area contributed by atoms with Gasteiger partial charge in [0.25, 0.3) is 0 Å². The Labute approximate surface area is 156 Å². The zero-order valence-electron chi connectivity index (χ0n) is 15.5. The van der Waals surface area contributed by atoms with Crippen molar-refractivity contribution in [3.63, 3.8) is 0 Å². The minimum absolute atomic E-state index is 0.0258. The van der Waals surface area contributed by atoms with Crippen LogP contribution in [-0.4, -0.2) is 17.1 Å². The van der Waals surface area contributed by atoms with E-state index in [2.05, 4.69) is 17.9 Å². The van der Waals surface area contributed by atoms with Crippen molar-refractivity contribution in [2.45, 2.75) is 26.4 Å². The molecule has 4 aromatic rings. The number of phenolic OH excluding ortho intramolecular Hbond substituents is 1. The molecule has 5 heteroatoms. The Bertz CT molecular complexity index is 1160. The second-order valence-corrected chi connectivity index (χ2v) is 6.95. The van der Waals surface area contributed by atoms with Crippen LogP contribution in [0.2, 0.25) is 0 Å². The highest BCUT2D eigenvalue weighted by atomic mass is 16.4. The van der Waals surface area contributed by atoms with Gasteiger partial charge in [-0.15, -0.1) is 0 Å². The maximum absolute atomic E-state index is 12.0. The van der Waals surface area contributed by atoms with Gasteiger partial charge < -0.3 is 13.9 Å². The number of rotatable bonds is 4. The summed E-state index contributed by atoms with van der Waals surface area (Å²) in [5.74, 6) is 0.992. The summed E-state index contributed by atoms with van der Waals surface area (Å²) >= 11 is 0. The minimum atomic E-state index is -0.420. The topological polar surface area (TPSA) is 66.8 Å². The van der Waals surface area contributed by atoms with Crippen LogP contribution in [0.1, 0.15) is 29.9 Å². The summed E-state index contributed by atoms with van der Waals surface area (Å²) in [4.78, 5) is 14.1. The van der Waals surface area contributed by atoms with Crippen molar-refractivity contribution in [3.8, 4) is 5.75 Å². The second kappa shape index (κ2) is 6.59. The number of aryl methyl sites for hydroxylation is 1. The Balaban J connectivity index is 1.69. The predicted molar refractivity (Wildman–Crippen MR) is 105 cm³/mol. The van der Waals surface area contributed by atoms with E-state index < -0.39 is 5.63 Å². The fourth-order valence-electron chi connectivity index (χ4n) is 3.38. The van der Waals surface area contributed by atoms with E-state index in [-0.39, 0.29) is 11.8 Å². The zero-order chi connectivity index (χ0) is 19.1. The van der Waals surface area contributed by atoms with Crippen LogP contribution in [0, 0.1) is 6.92 Å². The lowest BCUT2D eigenvalue weighted by Gasteiger charge is -2.23. The van der Waals surface area contributed by atoms with Gasteiger partial charge in [-0.2, -0.15) is 0 Å². The molecule has 1 N–H and O–H groups in total. The van der Waals surface area contributed by atoms with E-state index in [9.17, 15) is 9.90 Å². The number of benzene rings is 2. The van der Waals surface area contributed by atoms with Crippen LogP contribution in [0.3, 0.4) is 0 Å². The summed E-state index contributed by atoms with van der Waals surface area (Å²) in [5, 5.41) is 11.8. The van der Waals surface area contributed by atoms with Crippen molar-refractivity contribution in [3.05, 3.63) is 75.8 Å². The molecule has 0 fully saturated rings. The summed E-state index contributed by atoms with van der Waals surface area (Å²) in [6.07, 6.45) is 0. The largest absolute Gasteiger partial charge is 0.508 e. The third-order valence-corrected chi connectivity index (χ3v) is 5.16. The van der Waals surface area contributed by atoms with E-state index >= 15 is 0 Å². The first-order valence-corrected chi connectivity index (χ1v) is 8.88. The van der Waals surface area contributed by atoms with Crippen molar-refractivity contribution in [2.75, 3.05) is 7.05 Å². The van der Waals surface area contributed by atoms with Crippen LogP contribution >= 0.6 is 0 Å². The Morgan fingerprint density at radius 3 is 2.67 bits per heavy atom. The molecule has 0 aliphatic heterocycles.